The number of ketones is 1. The summed E-state index contributed by atoms with van der Waals surface area (Å²) in [6.45, 7) is 6.32. The quantitative estimate of drug-likeness (QED) is 0.285. The minimum absolute atomic E-state index is 0.0419. The van der Waals surface area contributed by atoms with Crippen LogP contribution in [0.15, 0.2) is 72.3 Å². The van der Waals surface area contributed by atoms with Gasteiger partial charge < -0.3 is 9.84 Å². The van der Waals surface area contributed by atoms with E-state index in [9.17, 15) is 19.1 Å². The molecule has 4 rings (SSSR count). The summed E-state index contributed by atoms with van der Waals surface area (Å²) in [4.78, 5) is 27.8. The third-order valence-corrected chi connectivity index (χ3v) is 5.82. The van der Waals surface area contributed by atoms with E-state index in [1.807, 2.05) is 26.8 Å². The maximum absolute atomic E-state index is 13.7. The van der Waals surface area contributed by atoms with E-state index in [-0.39, 0.29) is 11.3 Å². The summed E-state index contributed by atoms with van der Waals surface area (Å²) in [5.74, 6) is -1.57. The molecule has 1 N–H and O–H groups in total. The lowest BCUT2D eigenvalue weighted by Crippen LogP contribution is -2.29. The smallest absolute Gasteiger partial charge is 0.300 e. The van der Waals surface area contributed by atoms with Crippen molar-refractivity contribution in [3.63, 3.8) is 0 Å². The van der Waals surface area contributed by atoms with Gasteiger partial charge in [0.15, 0.2) is 0 Å². The number of benzene rings is 3. The van der Waals surface area contributed by atoms with E-state index < -0.39 is 23.5 Å². The van der Waals surface area contributed by atoms with Crippen molar-refractivity contribution in [3.8, 4) is 5.75 Å². The van der Waals surface area contributed by atoms with Crippen LogP contribution in [-0.2, 0) is 9.59 Å². The number of halogens is 1. The minimum atomic E-state index is -0.904. The van der Waals surface area contributed by atoms with E-state index in [0.29, 0.717) is 29.2 Å². The number of carbonyl (C=O) groups is 2. The Hall–Kier alpha value is -3.93. The number of amides is 1. The Labute approximate surface area is 198 Å². The molecule has 1 saturated heterocycles. The fourth-order valence-corrected chi connectivity index (χ4v) is 4.16. The van der Waals surface area contributed by atoms with Crippen molar-refractivity contribution < 1.29 is 23.8 Å². The van der Waals surface area contributed by atoms with Crippen LogP contribution < -0.4 is 9.64 Å². The number of anilines is 1. The monoisotopic (exact) mass is 459 g/mol. The van der Waals surface area contributed by atoms with Crippen molar-refractivity contribution >= 4 is 23.1 Å². The summed E-state index contributed by atoms with van der Waals surface area (Å²) >= 11 is 0. The van der Waals surface area contributed by atoms with Crippen LogP contribution in [0.25, 0.3) is 5.76 Å². The molecular weight excluding hydrogens is 433 g/mol. The molecule has 5 nitrogen and oxygen atoms in total. The summed E-state index contributed by atoms with van der Waals surface area (Å²) in [5.41, 5.74) is 3.10. The van der Waals surface area contributed by atoms with Crippen molar-refractivity contribution in [2.24, 2.45) is 0 Å². The van der Waals surface area contributed by atoms with E-state index in [2.05, 4.69) is 0 Å². The molecule has 1 aliphatic heterocycles. The highest BCUT2D eigenvalue weighted by Gasteiger charge is 2.47. The van der Waals surface area contributed by atoms with Gasteiger partial charge in [-0.05, 0) is 79.4 Å². The largest absolute Gasteiger partial charge is 0.507 e. The van der Waals surface area contributed by atoms with Crippen LogP contribution in [0.4, 0.5) is 10.1 Å². The SMILES string of the molecule is CCCOc1ccc(/C(O)=C2/C(=O)C(=O)N(c3cccc(C)c3)C2c2ccc(F)cc2)cc1C. The number of hydrogen-bond acceptors (Lipinski definition) is 4. The molecule has 6 heteroatoms. The normalized spacial score (nSPS) is 17.3. The molecule has 1 atom stereocenters. The molecule has 0 aromatic heterocycles. The Morgan fingerprint density at radius 1 is 1.03 bits per heavy atom. The number of hydrogen-bond donors (Lipinski definition) is 1. The number of aliphatic hydroxyl groups is 1. The molecule has 0 saturated carbocycles. The number of Topliss-reactive ketones (excluding diaryl/α,β-unsaturated/α-hetero) is 1. The van der Waals surface area contributed by atoms with E-state index >= 15 is 0 Å². The van der Waals surface area contributed by atoms with E-state index in [4.69, 9.17) is 4.74 Å². The molecule has 0 bridgehead atoms. The second kappa shape index (κ2) is 9.51. The highest BCUT2D eigenvalue weighted by molar-refractivity contribution is 6.51. The lowest BCUT2D eigenvalue weighted by atomic mass is 9.94. The van der Waals surface area contributed by atoms with Gasteiger partial charge in [-0.1, -0.05) is 31.2 Å². The fraction of sp³-hybridized carbons (Fsp3) is 0.214. The highest BCUT2D eigenvalue weighted by atomic mass is 19.1. The molecule has 0 spiro atoms. The molecule has 3 aromatic carbocycles. The zero-order valence-electron chi connectivity index (χ0n) is 19.3. The molecule has 1 amide bonds. The average molecular weight is 460 g/mol. The predicted octanol–water partition coefficient (Wildman–Crippen LogP) is 5.86. The first-order chi connectivity index (χ1) is 16.3. The van der Waals surface area contributed by atoms with Gasteiger partial charge in [-0.3, -0.25) is 14.5 Å². The Balaban J connectivity index is 1.88. The van der Waals surface area contributed by atoms with Gasteiger partial charge in [0.25, 0.3) is 11.7 Å². The van der Waals surface area contributed by atoms with Gasteiger partial charge in [0.05, 0.1) is 18.2 Å². The van der Waals surface area contributed by atoms with Crippen molar-refractivity contribution in [2.75, 3.05) is 11.5 Å². The first-order valence-corrected chi connectivity index (χ1v) is 11.2. The van der Waals surface area contributed by atoms with Gasteiger partial charge in [0.1, 0.15) is 17.3 Å². The first-order valence-electron chi connectivity index (χ1n) is 11.2. The minimum Gasteiger partial charge on any atom is -0.507 e. The van der Waals surface area contributed by atoms with Crippen LogP contribution in [0.2, 0.25) is 0 Å². The highest BCUT2D eigenvalue weighted by Crippen LogP contribution is 2.42. The van der Waals surface area contributed by atoms with Crippen LogP contribution in [0.3, 0.4) is 0 Å². The molecule has 0 radical (unpaired) electrons. The third kappa shape index (κ3) is 4.31. The van der Waals surface area contributed by atoms with E-state index in [1.54, 1.807) is 36.4 Å². The number of ether oxygens (including phenoxy) is 1. The second-order valence-electron chi connectivity index (χ2n) is 8.39. The number of nitrogens with zero attached hydrogens (tertiary/aromatic N) is 1. The second-order valence-corrected chi connectivity index (χ2v) is 8.39. The number of rotatable bonds is 6. The standard InChI is InChI=1S/C28H26FNO4/c1-4-14-34-23-13-10-20(16-18(23)3)26(31)24-25(19-8-11-21(29)12-9-19)30(28(33)27(24)32)22-7-5-6-17(2)15-22/h5-13,15-16,25,31H,4,14H2,1-3H3/b26-24-. The zero-order chi connectivity index (χ0) is 24.4. The van der Waals surface area contributed by atoms with Crippen LogP contribution in [0.5, 0.6) is 5.75 Å². The van der Waals surface area contributed by atoms with Gasteiger partial charge >= 0.3 is 0 Å². The first kappa shape index (κ1) is 23.2. The molecule has 1 unspecified atom stereocenters. The molecule has 1 aliphatic rings. The van der Waals surface area contributed by atoms with Gasteiger partial charge in [-0.15, -0.1) is 0 Å². The van der Waals surface area contributed by atoms with Crippen molar-refractivity contribution in [2.45, 2.75) is 33.2 Å². The molecular formula is C28H26FNO4. The molecule has 174 valence electrons. The van der Waals surface area contributed by atoms with E-state index in [0.717, 1.165) is 17.5 Å². The summed E-state index contributed by atoms with van der Waals surface area (Å²) < 4.78 is 19.4. The summed E-state index contributed by atoms with van der Waals surface area (Å²) in [6, 6.07) is 17.0. The van der Waals surface area contributed by atoms with Crippen molar-refractivity contribution in [1.29, 1.82) is 0 Å². The van der Waals surface area contributed by atoms with Gasteiger partial charge in [-0.25, -0.2) is 4.39 Å². The van der Waals surface area contributed by atoms with Crippen molar-refractivity contribution in [1.82, 2.24) is 0 Å². The number of aliphatic hydroxyl groups excluding tert-OH is 1. The average Bonchev–Trinajstić information content (AvgIpc) is 3.08. The zero-order valence-corrected chi connectivity index (χ0v) is 19.3. The number of aryl methyl sites for hydroxylation is 2. The van der Waals surface area contributed by atoms with Gasteiger partial charge in [-0.2, -0.15) is 0 Å². The Morgan fingerprint density at radius 3 is 2.41 bits per heavy atom. The lowest BCUT2D eigenvalue weighted by Gasteiger charge is -2.25. The fourth-order valence-electron chi connectivity index (χ4n) is 4.16. The van der Waals surface area contributed by atoms with Crippen LogP contribution >= 0.6 is 0 Å². The predicted molar refractivity (Wildman–Crippen MR) is 129 cm³/mol. The van der Waals surface area contributed by atoms with Gasteiger partial charge in [0, 0.05) is 11.3 Å². The topological polar surface area (TPSA) is 66.8 Å². The third-order valence-electron chi connectivity index (χ3n) is 5.82. The Kier molecular flexibility index (Phi) is 6.50. The maximum Gasteiger partial charge on any atom is 0.300 e. The maximum atomic E-state index is 13.7. The Bertz CT molecular complexity index is 1280. The molecule has 1 fully saturated rings. The summed E-state index contributed by atoms with van der Waals surface area (Å²) in [6.07, 6.45) is 0.862. The molecule has 1 heterocycles. The van der Waals surface area contributed by atoms with Crippen LogP contribution in [0, 0.1) is 19.7 Å². The molecule has 3 aromatic rings. The van der Waals surface area contributed by atoms with Gasteiger partial charge in [0.2, 0.25) is 0 Å². The molecule has 34 heavy (non-hydrogen) atoms. The van der Waals surface area contributed by atoms with Crippen LogP contribution in [0.1, 0.15) is 41.6 Å². The van der Waals surface area contributed by atoms with Crippen LogP contribution in [-0.4, -0.2) is 23.4 Å². The van der Waals surface area contributed by atoms with Crippen molar-refractivity contribution in [3.05, 3.63) is 100 Å². The van der Waals surface area contributed by atoms with E-state index in [1.165, 1.54) is 29.2 Å². The Morgan fingerprint density at radius 2 is 1.76 bits per heavy atom. The molecule has 0 aliphatic carbocycles. The summed E-state index contributed by atoms with van der Waals surface area (Å²) in [5, 5.41) is 11.3. The summed E-state index contributed by atoms with van der Waals surface area (Å²) in [7, 11) is 0. The lowest BCUT2D eigenvalue weighted by molar-refractivity contribution is -0.132. The number of carbonyl (C=O) groups excluding carboxylic acids is 2.